The number of allylic oxidation sites excluding steroid dienone is 4. The van der Waals surface area contributed by atoms with Crippen molar-refractivity contribution in [2.75, 3.05) is 26.7 Å². The van der Waals surface area contributed by atoms with E-state index in [1.165, 1.54) is 57.4 Å². The Kier molecular flexibility index (Phi) is 23.3. The maximum Gasteiger partial charge on any atom is 0.453 e. The van der Waals surface area contributed by atoms with Crippen LogP contribution in [0, 0.1) is 0 Å². The van der Waals surface area contributed by atoms with Crippen LogP contribution >= 0.6 is 0 Å². The van der Waals surface area contributed by atoms with Gasteiger partial charge in [0.15, 0.2) is 0 Å². The third-order valence-electron chi connectivity index (χ3n) is 4.55. The Labute approximate surface area is 205 Å². The smallest absolute Gasteiger partial charge is 0.445 e. The minimum Gasteiger partial charge on any atom is -0.445 e. The van der Waals surface area contributed by atoms with Crippen molar-refractivity contribution >= 4 is 25.0 Å². The molecule has 1 atom stereocenters. The normalized spacial score (nSPS) is 13.5. The molecule has 1 aliphatic carbocycles. The van der Waals surface area contributed by atoms with E-state index in [1.807, 2.05) is 13.8 Å². The van der Waals surface area contributed by atoms with Crippen LogP contribution in [0.5, 0.6) is 0 Å². The molecule has 10 heteroatoms. The van der Waals surface area contributed by atoms with Crippen molar-refractivity contribution in [2.45, 2.75) is 71.7 Å². The second kappa shape index (κ2) is 23.6. The van der Waals surface area contributed by atoms with Gasteiger partial charge in [0.2, 0.25) is 11.8 Å². The number of nitrogens with zero attached hydrogens (tertiary/aromatic N) is 1. The second-order valence-corrected chi connectivity index (χ2v) is 7.44. The van der Waals surface area contributed by atoms with Gasteiger partial charge in [-0.2, -0.15) is 0 Å². The molecule has 1 rings (SSSR count). The Hall–Kier alpha value is -2.59. The minimum absolute atomic E-state index is 0.00807. The highest BCUT2D eigenvalue weighted by atomic mass is 16.5. The lowest BCUT2D eigenvalue weighted by molar-refractivity contribution is -0.134. The lowest BCUT2D eigenvalue weighted by Gasteiger charge is -2.22. The van der Waals surface area contributed by atoms with Gasteiger partial charge < -0.3 is 30.3 Å². The van der Waals surface area contributed by atoms with E-state index >= 15 is 0 Å². The molecule has 0 aromatic rings. The van der Waals surface area contributed by atoms with Crippen LogP contribution in [0.3, 0.4) is 0 Å². The number of hydrogen-bond acceptors (Lipinski definition) is 6. The summed E-state index contributed by atoms with van der Waals surface area (Å²) in [6, 6.07) is -0.819. The van der Waals surface area contributed by atoms with Gasteiger partial charge in [-0.05, 0) is 19.3 Å². The van der Waals surface area contributed by atoms with Gasteiger partial charge in [-0.3, -0.25) is 9.59 Å². The number of rotatable bonds is 11. The van der Waals surface area contributed by atoms with Gasteiger partial charge in [0.1, 0.15) is 19.2 Å². The molecular formula is C24H44BN3O6. The van der Waals surface area contributed by atoms with Crippen molar-refractivity contribution in [2.24, 2.45) is 0 Å². The van der Waals surface area contributed by atoms with Crippen molar-refractivity contribution in [3.8, 4) is 0 Å². The van der Waals surface area contributed by atoms with Gasteiger partial charge in [0, 0.05) is 13.6 Å². The van der Waals surface area contributed by atoms with E-state index in [-0.39, 0.29) is 31.9 Å². The SMILES string of the molecule is C1CCCCC1.C=C/C=C\C=C\COC(=O)NCC(=O)NC(C)C(=O)N(C)CCB(O)O.CC. The van der Waals surface area contributed by atoms with E-state index in [9.17, 15) is 14.4 Å². The Bertz CT molecular complexity index is 610. The first-order valence-electron chi connectivity index (χ1n) is 12.0. The van der Waals surface area contributed by atoms with Crippen molar-refractivity contribution in [1.82, 2.24) is 15.5 Å². The number of nitrogens with one attached hydrogen (secondary N) is 2. The largest absolute Gasteiger partial charge is 0.453 e. The van der Waals surface area contributed by atoms with Crippen LogP contribution in [-0.2, 0) is 14.3 Å². The molecule has 9 nitrogen and oxygen atoms in total. The average molecular weight is 481 g/mol. The molecule has 0 saturated heterocycles. The molecule has 4 N–H and O–H groups in total. The summed E-state index contributed by atoms with van der Waals surface area (Å²) in [6.45, 7) is 8.84. The molecule has 0 bridgehead atoms. The first-order valence-corrected chi connectivity index (χ1v) is 12.0. The summed E-state index contributed by atoms with van der Waals surface area (Å²) in [5.74, 6) is -0.942. The van der Waals surface area contributed by atoms with Crippen LogP contribution in [0.25, 0.3) is 0 Å². The van der Waals surface area contributed by atoms with Crippen LogP contribution in [0.15, 0.2) is 37.0 Å². The summed E-state index contributed by atoms with van der Waals surface area (Å²) >= 11 is 0. The number of hydrogen-bond donors (Lipinski definition) is 4. The summed E-state index contributed by atoms with van der Waals surface area (Å²) in [7, 11) is -0.0148. The van der Waals surface area contributed by atoms with Crippen LogP contribution in [0.2, 0.25) is 6.32 Å². The van der Waals surface area contributed by atoms with Crippen molar-refractivity contribution in [3.63, 3.8) is 0 Å². The van der Waals surface area contributed by atoms with E-state index in [2.05, 4.69) is 17.2 Å². The highest BCUT2D eigenvalue weighted by molar-refractivity contribution is 6.41. The number of likely N-dealkylation sites (N-methyl/N-ethyl adjacent to an activating group) is 1. The molecule has 34 heavy (non-hydrogen) atoms. The quantitative estimate of drug-likeness (QED) is 0.265. The highest BCUT2D eigenvalue weighted by Crippen LogP contribution is 2.15. The maximum absolute atomic E-state index is 12.0. The summed E-state index contributed by atoms with van der Waals surface area (Å²) in [5, 5.41) is 22.3. The maximum atomic E-state index is 12.0. The number of ether oxygens (including phenoxy) is 1. The zero-order valence-corrected chi connectivity index (χ0v) is 21.3. The molecule has 194 valence electrons. The molecule has 1 saturated carbocycles. The molecule has 1 fully saturated rings. The number of alkyl carbamates (subject to hydrolysis) is 1. The van der Waals surface area contributed by atoms with Crippen LogP contribution in [-0.4, -0.2) is 72.8 Å². The third-order valence-corrected chi connectivity index (χ3v) is 4.55. The van der Waals surface area contributed by atoms with Crippen molar-refractivity contribution < 1.29 is 29.2 Å². The zero-order valence-electron chi connectivity index (χ0n) is 21.3. The van der Waals surface area contributed by atoms with Gasteiger partial charge >= 0.3 is 13.2 Å². The molecule has 3 amide bonds. The molecule has 0 spiro atoms. The molecule has 0 aliphatic heterocycles. The third kappa shape index (κ3) is 21.3. The summed E-state index contributed by atoms with van der Waals surface area (Å²) in [6.07, 6.45) is 16.6. The second-order valence-electron chi connectivity index (χ2n) is 7.44. The van der Waals surface area contributed by atoms with Crippen LogP contribution < -0.4 is 10.6 Å². The fourth-order valence-electron chi connectivity index (χ4n) is 2.77. The van der Waals surface area contributed by atoms with Gasteiger partial charge in [0.25, 0.3) is 0 Å². The van der Waals surface area contributed by atoms with E-state index in [0.717, 1.165) is 0 Å². The monoisotopic (exact) mass is 481 g/mol. The molecule has 1 unspecified atom stereocenters. The summed E-state index contributed by atoms with van der Waals surface area (Å²) in [5.41, 5.74) is 0. The first kappa shape index (κ1) is 33.6. The molecular weight excluding hydrogens is 437 g/mol. The van der Waals surface area contributed by atoms with E-state index < -0.39 is 25.2 Å². The Morgan fingerprint density at radius 2 is 1.62 bits per heavy atom. The standard InChI is InChI=1S/C16H26BN3O6.C6H12.C2H6/c1-4-5-6-7-8-11-26-16(23)18-12-14(21)19-13(2)15(22)20(3)10-9-17(24)25;1-2-4-6-5-3-1;1-2/h4-8,13,24-25H,1,9-12H2,2-3H3,(H,18,23)(H,19,21);1-6H2;1-2H3/b6-5-,8-7+;;. The number of carbonyl (C=O) groups is 3. The lowest BCUT2D eigenvalue weighted by atomic mass is 9.86. The lowest BCUT2D eigenvalue weighted by Crippen LogP contribution is -2.48. The molecule has 0 aromatic heterocycles. The highest BCUT2D eigenvalue weighted by Gasteiger charge is 2.20. The number of carbonyl (C=O) groups excluding carboxylic acids is 3. The molecule has 0 aromatic carbocycles. The summed E-state index contributed by atoms with van der Waals surface area (Å²) < 4.78 is 4.82. The van der Waals surface area contributed by atoms with Crippen LogP contribution in [0.1, 0.15) is 59.3 Å². The van der Waals surface area contributed by atoms with E-state index in [1.54, 1.807) is 30.4 Å². The molecule has 0 heterocycles. The predicted molar refractivity (Wildman–Crippen MR) is 137 cm³/mol. The van der Waals surface area contributed by atoms with Gasteiger partial charge in [0.05, 0.1) is 0 Å². The minimum atomic E-state index is -1.50. The average Bonchev–Trinajstić information content (AvgIpc) is 2.85. The zero-order chi connectivity index (χ0) is 26.2. The van der Waals surface area contributed by atoms with Crippen LogP contribution in [0.4, 0.5) is 4.79 Å². The van der Waals surface area contributed by atoms with Gasteiger partial charge in [-0.15, -0.1) is 0 Å². The Morgan fingerprint density at radius 3 is 2.12 bits per heavy atom. The number of amides is 3. The van der Waals surface area contributed by atoms with Crippen molar-refractivity contribution in [3.05, 3.63) is 37.0 Å². The Balaban J connectivity index is 0. The van der Waals surface area contributed by atoms with E-state index in [4.69, 9.17) is 14.8 Å². The first-order chi connectivity index (χ1) is 16.3. The molecule has 0 radical (unpaired) electrons. The Morgan fingerprint density at radius 1 is 1.06 bits per heavy atom. The van der Waals surface area contributed by atoms with E-state index in [0.29, 0.717) is 0 Å². The fraction of sp³-hybridized carbons (Fsp3) is 0.625. The van der Waals surface area contributed by atoms with Gasteiger partial charge in [-0.1, -0.05) is 83.3 Å². The summed E-state index contributed by atoms with van der Waals surface area (Å²) in [4.78, 5) is 36.4. The topological polar surface area (TPSA) is 128 Å². The van der Waals surface area contributed by atoms with Gasteiger partial charge in [-0.25, -0.2) is 4.79 Å². The van der Waals surface area contributed by atoms with Crippen molar-refractivity contribution in [1.29, 1.82) is 0 Å². The fourth-order valence-corrected chi connectivity index (χ4v) is 2.77. The molecule has 1 aliphatic rings. The predicted octanol–water partition coefficient (Wildman–Crippen LogP) is 2.81.